The van der Waals surface area contributed by atoms with Crippen LogP contribution in [-0.2, 0) is 13.0 Å². The lowest BCUT2D eigenvalue weighted by atomic mass is 10.0. The molecule has 0 radical (unpaired) electrons. The second-order valence-electron chi connectivity index (χ2n) is 5.19. The topological polar surface area (TPSA) is 6.48 Å². The summed E-state index contributed by atoms with van der Waals surface area (Å²) in [6.07, 6.45) is 1.14. The third-order valence-corrected chi connectivity index (χ3v) is 3.79. The first-order chi connectivity index (χ1) is 8.19. The molecule has 0 atom stereocenters. The smallest absolute Gasteiger partial charge is 0.0234 e. The second kappa shape index (κ2) is 5.65. The third-order valence-electron chi connectivity index (χ3n) is 3.79. The molecule has 0 bridgehead atoms. The van der Waals surface area contributed by atoms with E-state index < -0.39 is 0 Å². The van der Waals surface area contributed by atoms with Gasteiger partial charge in [0, 0.05) is 32.7 Å². The van der Waals surface area contributed by atoms with E-state index in [4.69, 9.17) is 0 Å². The van der Waals surface area contributed by atoms with Crippen LogP contribution in [0.15, 0.2) is 18.2 Å². The first-order valence-electron chi connectivity index (χ1n) is 6.68. The number of hydrogen-bond donors (Lipinski definition) is 0. The SMILES string of the molecule is CCc1ccc(CN2CCN(C)CC2)cc1C. The molecule has 2 rings (SSSR count). The maximum atomic E-state index is 2.56. The molecule has 1 aliphatic heterocycles. The summed E-state index contributed by atoms with van der Waals surface area (Å²) >= 11 is 0. The van der Waals surface area contributed by atoms with E-state index in [1.165, 1.54) is 42.9 Å². The Morgan fingerprint density at radius 1 is 1.12 bits per heavy atom. The summed E-state index contributed by atoms with van der Waals surface area (Å²) in [5, 5.41) is 0. The van der Waals surface area contributed by atoms with E-state index in [1.807, 2.05) is 0 Å². The van der Waals surface area contributed by atoms with Gasteiger partial charge in [-0.2, -0.15) is 0 Å². The minimum atomic E-state index is 1.11. The third kappa shape index (κ3) is 3.30. The highest BCUT2D eigenvalue weighted by Crippen LogP contribution is 2.14. The Morgan fingerprint density at radius 3 is 2.41 bits per heavy atom. The van der Waals surface area contributed by atoms with Crippen molar-refractivity contribution >= 4 is 0 Å². The average molecular weight is 232 g/mol. The first kappa shape index (κ1) is 12.6. The molecule has 0 spiro atoms. The van der Waals surface area contributed by atoms with E-state index in [0.29, 0.717) is 0 Å². The van der Waals surface area contributed by atoms with E-state index >= 15 is 0 Å². The number of rotatable bonds is 3. The van der Waals surface area contributed by atoms with Crippen LogP contribution >= 0.6 is 0 Å². The van der Waals surface area contributed by atoms with Gasteiger partial charge in [-0.15, -0.1) is 0 Å². The molecule has 1 aromatic carbocycles. The molecule has 0 unspecified atom stereocenters. The predicted molar refractivity (Wildman–Crippen MR) is 73.3 cm³/mol. The van der Waals surface area contributed by atoms with Gasteiger partial charge in [0.1, 0.15) is 0 Å². The van der Waals surface area contributed by atoms with E-state index in [-0.39, 0.29) is 0 Å². The highest BCUT2D eigenvalue weighted by atomic mass is 15.2. The number of nitrogens with zero attached hydrogens (tertiary/aromatic N) is 2. The van der Waals surface area contributed by atoms with E-state index in [0.717, 1.165) is 13.0 Å². The molecule has 17 heavy (non-hydrogen) atoms. The van der Waals surface area contributed by atoms with Gasteiger partial charge in [-0.3, -0.25) is 4.90 Å². The van der Waals surface area contributed by atoms with Crippen LogP contribution in [0.1, 0.15) is 23.6 Å². The van der Waals surface area contributed by atoms with Crippen LogP contribution in [0.3, 0.4) is 0 Å². The summed E-state index contributed by atoms with van der Waals surface area (Å²) in [6, 6.07) is 6.95. The fraction of sp³-hybridized carbons (Fsp3) is 0.600. The van der Waals surface area contributed by atoms with Gasteiger partial charge in [0.25, 0.3) is 0 Å². The van der Waals surface area contributed by atoms with Crippen molar-refractivity contribution in [2.75, 3.05) is 33.2 Å². The lowest BCUT2D eigenvalue weighted by Crippen LogP contribution is -2.43. The van der Waals surface area contributed by atoms with Gasteiger partial charge in [-0.1, -0.05) is 25.1 Å². The summed E-state index contributed by atoms with van der Waals surface area (Å²) in [5.74, 6) is 0. The fourth-order valence-corrected chi connectivity index (χ4v) is 2.52. The Labute approximate surface area is 105 Å². The zero-order valence-electron chi connectivity index (χ0n) is 11.4. The van der Waals surface area contributed by atoms with Crippen molar-refractivity contribution in [3.63, 3.8) is 0 Å². The molecule has 1 heterocycles. The molecule has 1 saturated heterocycles. The molecule has 2 heteroatoms. The van der Waals surface area contributed by atoms with Gasteiger partial charge in [-0.05, 0) is 37.1 Å². The molecule has 94 valence electrons. The van der Waals surface area contributed by atoms with Gasteiger partial charge < -0.3 is 4.90 Å². The van der Waals surface area contributed by atoms with Crippen molar-refractivity contribution in [2.24, 2.45) is 0 Å². The maximum Gasteiger partial charge on any atom is 0.0234 e. The monoisotopic (exact) mass is 232 g/mol. The van der Waals surface area contributed by atoms with Crippen LogP contribution in [-0.4, -0.2) is 43.0 Å². The van der Waals surface area contributed by atoms with Crippen LogP contribution in [0.25, 0.3) is 0 Å². The summed E-state index contributed by atoms with van der Waals surface area (Å²) in [5.41, 5.74) is 4.38. The fourth-order valence-electron chi connectivity index (χ4n) is 2.52. The minimum absolute atomic E-state index is 1.11. The molecule has 1 aliphatic rings. The highest BCUT2D eigenvalue weighted by molar-refractivity contribution is 5.31. The van der Waals surface area contributed by atoms with Crippen molar-refractivity contribution in [3.8, 4) is 0 Å². The highest BCUT2D eigenvalue weighted by Gasteiger charge is 2.13. The molecule has 1 aromatic rings. The normalized spacial score (nSPS) is 18.5. The van der Waals surface area contributed by atoms with Crippen LogP contribution < -0.4 is 0 Å². The Hall–Kier alpha value is -0.860. The molecular weight excluding hydrogens is 208 g/mol. The standard InChI is InChI=1S/C15H24N2/c1-4-15-6-5-14(11-13(15)2)12-17-9-7-16(3)8-10-17/h5-6,11H,4,7-10,12H2,1-3H3. The molecule has 0 amide bonds. The number of piperazine rings is 1. The Balaban J connectivity index is 1.97. The zero-order valence-corrected chi connectivity index (χ0v) is 11.4. The summed E-state index contributed by atoms with van der Waals surface area (Å²) in [6.45, 7) is 10.4. The first-order valence-corrected chi connectivity index (χ1v) is 6.68. The van der Waals surface area contributed by atoms with Crippen molar-refractivity contribution in [1.82, 2.24) is 9.80 Å². The van der Waals surface area contributed by atoms with E-state index in [9.17, 15) is 0 Å². The number of benzene rings is 1. The summed E-state index contributed by atoms with van der Waals surface area (Å²) in [4.78, 5) is 4.96. The Morgan fingerprint density at radius 2 is 1.82 bits per heavy atom. The van der Waals surface area contributed by atoms with Gasteiger partial charge >= 0.3 is 0 Å². The van der Waals surface area contributed by atoms with Crippen molar-refractivity contribution in [3.05, 3.63) is 34.9 Å². The summed E-state index contributed by atoms with van der Waals surface area (Å²) in [7, 11) is 2.21. The van der Waals surface area contributed by atoms with Gasteiger partial charge in [-0.25, -0.2) is 0 Å². The lowest BCUT2D eigenvalue weighted by molar-refractivity contribution is 0.148. The average Bonchev–Trinajstić information content (AvgIpc) is 2.32. The van der Waals surface area contributed by atoms with Crippen molar-refractivity contribution < 1.29 is 0 Å². The van der Waals surface area contributed by atoms with Crippen LogP contribution in [0, 0.1) is 6.92 Å². The quantitative estimate of drug-likeness (QED) is 0.789. The molecule has 0 saturated carbocycles. The zero-order chi connectivity index (χ0) is 12.3. The molecule has 1 fully saturated rings. The van der Waals surface area contributed by atoms with Gasteiger partial charge in [0.2, 0.25) is 0 Å². The molecule has 2 nitrogen and oxygen atoms in total. The lowest BCUT2D eigenvalue weighted by Gasteiger charge is -2.32. The number of likely N-dealkylation sites (N-methyl/N-ethyl adjacent to an activating group) is 1. The van der Waals surface area contributed by atoms with E-state index in [2.05, 4.69) is 48.9 Å². The van der Waals surface area contributed by atoms with Crippen molar-refractivity contribution in [2.45, 2.75) is 26.8 Å². The van der Waals surface area contributed by atoms with Crippen molar-refractivity contribution in [1.29, 1.82) is 0 Å². The van der Waals surface area contributed by atoms with Crippen LogP contribution in [0.5, 0.6) is 0 Å². The van der Waals surface area contributed by atoms with Gasteiger partial charge in [0.05, 0.1) is 0 Å². The Kier molecular flexibility index (Phi) is 4.19. The maximum absolute atomic E-state index is 2.56. The van der Waals surface area contributed by atoms with E-state index in [1.54, 1.807) is 0 Å². The number of aryl methyl sites for hydroxylation is 2. The number of hydrogen-bond acceptors (Lipinski definition) is 2. The summed E-state index contributed by atoms with van der Waals surface area (Å²) < 4.78 is 0. The minimum Gasteiger partial charge on any atom is -0.304 e. The van der Waals surface area contributed by atoms with Gasteiger partial charge in [0.15, 0.2) is 0 Å². The second-order valence-corrected chi connectivity index (χ2v) is 5.19. The largest absolute Gasteiger partial charge is 0.304 e. The molecular formula is C15H24N2. The molecule has 0 aliphatic carbocycles. The molecule has 0 N–H and O–H groups in total. The Bertz CT molecular complexity index is 365. The molecule has 0 aromatic heterocycles. The van der Waals surface area contributed by atoms with Crippen LogP contribution in [0.2, 0.25) is 0 Å². The van der Waals surface area contributed by atoms with Crippen LogP contribution in [0.4, 0.5) is 0 Å². The predicted octanol–water partition coefficient (Wildman–Crippen LogP) is 2.30.